The molecule has 0 atom stereocenters. The van der Waals surface area contributed by atoms with Crippen LogP contribution in [0, 0.1) is 11.3 Å². The Morgan fingerprint density at radius 3 is 2.69 bits per heavy atom. The summed E-state index contributed by atoms with van der Waals surface area (Å²) in [5, 5.41) is 13.8. The molecule has 0 aliphatic carbocycles. The van der Waals surface area contributed by atoms with Crippen molar-refractivity contribution >= 4 is 22.7 Å². The molecule has 7 heteroatoms. The van der Waals surface area contributed by atoms with Gasteiger partial charge in [0.1, 0.15) is 11.8 Å². The van der Waals surface area contributed by atoms with Crippen molar-refractivity contribution in [1.82, 2.24) is 9.47 Å². The number of rotatable bonds is 10. The van der Waals surface area contributed by atoms with E-state index in [4.69, 9.17) is 9.47 Å². The summed E-state index contributed by atoms with van der Waals surface area (Å²) in [4.78, 5) is 14.4. The van der Waals surface area contributed by atoms with Gasteiger partial charge in [-0.1, -0.05) is 19.1 Å². The van der Waals surface area contributed by atoms with Gasteiger partial charge in [0, 0.05) is 35.8 Å². The third-order valence-corrected chi connectivity index (χ3v) is 6.34. The zero-order chi connectivity index (χ0) is 24.6. The van der Waals surface area contributed by atoms with E-state index in [2.05, 4.69) is 27.8 Å². The molecule has 0 spiro atoms. The number of fused-ring (bicyclic) bond motifs is 1. The lowest BCUT2D eigenvalue weighted by Crippen LogP contribution is -2.21. The molecule has 2 aromatic carbocycles. The highest BCUT2D eigenvalue weighted by Gasteiger charge is 2.20. The molecule has 0 bridgehead atoms. The molecule has 3 aromatic rings. The van der Waals surface area contributed by atoms with Gasteiger partial charge >= 0.3 is 6.09 Å². The Morgan fingerprint density at radius 2 is 1.94 bits per heavy atom. The van der Waals surface area contributed by atoms with Crippen molar-refractivity contribution in [2.24, 2.45) is 0 Å². The summed E-state index contributed by atoms with van der Waals surface area (Å²) in [6.07, 6.45) is 4.03. The number of likely N-dealkylation sites (tertiary alicyclic amines) is 1. The Labute approximate surface area is 207 Å². The van der Waals surface area contributed by atoms with E-state index in [1.54, 1.807) is 6.92 Å². The summed E-state index contributed by atoms with van der Waals surface area (Å²) in [6, 6.07) is 15.9. The van der Waals surface area contributed by atoms with Crippen molar-refractivity contribution in [3.8, 4) is 23.1 Å². The Bertz CT molecular complexity index is 1200. The molecule has 1 saturated heterocycles. The molecular formula is C28H34N4O3. The fraction of sp³-hybridized carbons (Fsp3) is 0.429. The molecular weight excluding hydrogens is 440 g/mol. The molecule has 1 N–H and O–H groups in total. The van der Waals surface area contributed by atoms with Crippen molar-refractivity contribution in [2.75, 3.05) is 38.2 Å². The maximum Gasteiger partial charge on any atom is 0.411 e. The van der Waals surface area contributed by atoms with Crippen LogP contribution >= 0.6 is 0 Å². The first-order chi connectivity index (χ1) is 17.1. The molecule has 0 saturated carbocycles. The van der Waals surface area contributed by atoms with Crippen molar-refractivity contribution in [3.05, 3.63) is 48.0 Å². The van der Waals surface area contributed by atoms with Crippen LogP contribution in [0.3, 0.4) is 0 Å². The first-order valence-electron chi connectivity index (χ1n) is 12.6. The van der Waals surface area contributed by atoms with Crippen LogP contribution in [-0.4, -0.2) is 48.4 Å². The molecule has 1 aliphatic rings. The number of carbonyl (C=O) groups excluding carboxylic acids is 1. The third-order valence-electron chi connectivity index (χ3n) is 6.34. The fourth-order valence-electron chi connectivity index (χ4n) is 4.80. The Morgan fingerprint density at radius 1 is 1.11 bits per heavy atom. The van der Waals surface area contributed by atoms with Crippen LogP contribution in [0.25, 0.3) is 22.2 Å². The van der Waals surface area contributed by atoms with Crippen LogP contribution < -0.4 is 10.1 Å². The molecule has 1 aromatic heterocycles. The minimum absolute atomic E-state index is 0.303. The molecule has 2 heterocycles. The summed E-state index contributed by atoms with van der Waals surface area (Å²) in [5.74, 6) is 0.822. The smallest absolute Gasteiger partial charge is 0.411 e. The highest BCUT2D eigenvalue weighted by Crippen LogP contribution is 2.36. The van der Waals surface area contributed by atoms with Crippen molar-refractivity contribution in [1.29, 1.82) is 5.26 Å². The molecule has 4 rings (SSSR count). The van der Waals surface area contributed by atoms with E-state index >= 15 is 0 Å². The quantitative estimate of drug-likeness (QED) is 0.363. The van der Waals surface area contributed by atoms with E-state index in [0.29, 0.717) is 24.5 Å². The fourth-order valence-corrected chi connectivity index (χ4v) is 4.80. The lowest BCUT2D eigenvalue weighted by molar-refractivity contribution is 0.168. The predicted octanol–water partition coefficient (Wildman–Crippen LogP) is 6.02. The van der Waals surface area contributed by atoms with Crippen LogP contribution in [-0.2, 0) is 11.3 Å². The van der Waals surface area contributed by atoms with Crippen molar-refractivity contribution < 1.29 is 14.3 Å². The van der Waals surface area contributed by atoms with Crippen LogP contribution in [0.2, 0.25) is 0 Å². The SMILES string of the molecule is CCCn1c(-c2cccc(NC(=O)OCC)c2)c(C#N)c2ccc(OCCCN3CCCC3)cc21. The highest BCUT2D eigenvalue weighted by atomic mass is 16.5. The topological polar surface area (TPSA) is 79.5 Å². The molecule has 7 nitrogen and oxygen atoms in total. The largest absolute Gasteiger partial charge is 0.493 e. The lowest BCUT2D eigenvalue weighted by atomic mass is 10.1. The molecule has 184 valence electrons. The number of anilines is 1. The van der Waals surface area contributed by atoms with Gasteiger partial charge in [0.15, 0.2) is 0 Å². The van der Waals surface area contributed by atoms with Crippen LogP contribution in [0.5, 0.6) is 5.75 Å². The van der Waals surface area contributed by atoms with Gasteiger partial charge < -0.3 is 18.9 Å². The molecule has 0 unspecified atom stereocenters. The summed E-state index contributed by atoms with van der Waals surface area (Å²) in [7, 11) is 0. The third kappa shape index (κ3) is 5.77. The molecule has 1 amide bonds. The Balaban J connectivity index is 1.62. The highest BCUT2D eigenvalue weighted by molar-refractivity contribution is 5.96. The minimum Gasteiger partial charge on any atom is -0.493 e. The second-order valence-corrected chi connectivity index (χ2v) is 8.84. The number of nitrogens with one attached hydrogen (secondary N) is 1. The van der Waals surface area contributed by atoms with E-state index in [9.17, 15) is 10.1 Å². The molecule has 1 fully saturated rings. The summed E-state index contributed by atoms with van der Waals surface area (Å²) < 4.78 is 13.3. The predicted molar refractivity (Wildman–Crippen MR) is 139 cm³/mol. The van der Waals surface area contributed by atoms with Crippen molar-refractivity contribution in [3.63, 3.8) is 0 Å². The van der Waals surface area contributed by atoms with Gasteiger partial charge in [0.05, 0.1) is 30.0 Å². The number of carbonyl (C=O) groups is 1. The number of nitrogens with zero attached hydrogens (tertiary/aromatic N) is 3. The second kappa shape index (κ2) is 11.8. The number of hydrogen-bond acceptors (Lipinski definition) is 5. The van der Waals surface area contributed by atoms with E-state index in [0.717, 1.165) is 53.8 Å². The Kier molecular flexibility index (Phi) is 8.27. The first kappa shape index (κ1) is 24.6. The number of amides is 1. The normalized spacial score (nSPS) is 13.6. The van der Waals surface area contributed by atoms with Gasteiger partial charge in [-0.3, -0.25) is 5.32 Å². The van der Waals surface area contributed by atoms with Crippen LogP contribution in [0.15, 0.2) is 42.5 Å². The van der Waals surface area contributed by atoms with E-state index in [1.807, 2.05) is 42.5 Å². The van der Waals surface area contributed by atoms with Gasteiger partial charge in [-0.15, -0.1) is 0 Å². The maximum absolute atomic E-state index is 11.9. The van der Waals surface area contributed by atoms with Gasteiger partial charge in [0.2, 0.25) is 0 Å². The maximum atomic E-state index is 11.9. The lowest BCUT2D eigenvalue weighted by Gasteiger charge is -2.15. The van der Waals surface area contributed by atoms with Crippen LogP contribution in [0.1, 0.15) is 45.1 Å². The number of ether oxygens (including phenoxy) is 2. The number of aryl methyl sites for hydroxylation is 1. The number of hydrogen-bond donors (Lipinski definition) is 1. The standard InChI is InChI=1S/C28H34N4O3/c1-3-13-32-26-19-23(35-17-8-16-31-14-5-6-15-31)11-12-24(26)25(20-29)27(32)21-9-7-10-22(18-21)30-28(33)34-4-2/h7,9-12,18-19H,3-6,8,13-17H2,1-2H3,(H,30,33). The van der Waals surface area contributed by atoms with Gasteiger partial charge in [0.25, 0.3) is 0 Å². The van der Waals surface area contributed by atoms with E-state index in [-0.39, 0.29) is 0 Å². The molecule has 1 aliphatic heterocycles. The van der Waals surface area contributed by atoms with Gasteiger partial charge in [-0.25, -0.2) is 4.79 Å². The Hall–Kier alpha value is -3.50. The zero-order valence-electron chi connectivity index (χ0n) is 20.7. The van der Waals surface area contributed by atoms with Gasteiger partial charge in [-0.2, -0.15) is 5.26 Å². The first-order valence-corrected chi connectivity index (χ1v) is 12.6. The van der Waals surface area contributed by atoms with Crippen molar-refractivity contribution in [2.45, 2.75) is 46.1 Å². The summed E-state index contributed by atoms with van der Waals surface area (Å²) >= 11 is 0. The average molecular weight is 475 g/mol. The van der Waals surface area contributed by atoms with E-state index < -0.39 is 6.09 Å². The molecule has 0 radical (unpaired) electrons. The van der Waals surface area contributed by atoms with E-state index in [1.165, 1.54) is 25.9 Å². The second-order valence-electron chi connectivity index (χ2n) is 8.84. The average Bonchev–Trinajstić information content (AvgIpc) is 3.48. The monoisotopic (exact) mass is 474 g/mol. The molecule has 35 heavy (non-hydrogen) atoms. The summed E-state index contributed by atoms with van der Waals surface area (Å²) in [5.41, 5.74) is 3.96. The number of benzene rings is 2. The number of nitriles is 1. The zero-order valence-corrected chi connectivity index (χ0v) is 20.7. The minimum atomic E-state index is -0.495. The summed E-state index contributed by atoms with van der Waals surface area (Å²) in [6.45, 7) is 9.12. The number of aromatic nitrogens is 1. The van der Waals surface area contributed by atoms with Crippen LogP contribution in [0.4, 0.5) is 10.5 Å². The van der Waals surface area contributed by atoms with Gasteiger partial charge in [-0.05, 0) is 70.0 Å².